The van der Waals surface area contributed by atoms with Crippen LogP contribution in [0, 0.1) is 0 Å². The molecule has 2 aromatic heterocycles. The third-order valence-electron chi connectivity index (χ3n) is 4.35. The fourth-order valence-corrected chi connectivity index (χ4v) is 2.99. The van der Waals surface area contributed by atoms with E-state index in [-0.39, 0.29) is 11.8 Å². The van der Waals surface area contributed by atoms with Gasteiger partial charge < -0.3 is 16.0 Å². The van der Waals surface area contributed by atoms with Crippen molar-refractivity contribution in [1.82, 2.24) is 19.7 Å². The first-order valence-electron chi connectivity index (χ1n) is 8.54. The second-order valence-corrected chi connectivity index (χ2v) is 6.27. The van der Waals surface area contributed by atoms with Crippen LogP contribution in [0.5, 0.6) is 0 Å². The molecule has 0 atom stereocenters. The van der Waals surface area contributed by atoms with E-state index in [1.165, 1.54) is 6.20 Å². The quantitative estimate of drug-likeness (QED) is 0.738. The highest BCUT2D eigenvalue weighted by Crippen LogP contribution is 2.17. The van der Waals surface area contributed by atoms with E-state index in [1.807, 2.05) is 30.3 Å². The minimum Gasteiger partial charge on any atom is -0.399 e. The Kier molecular flexibility index (Phi) is 4.29. The van der Waals surface area contributed by atoms with Crippen LogP contribution in [0.1, 0.15) is 26.7 Å². The van der Waals surface area contributed by atoms with Crippen LogP contribution in [-0.2, 0) is 13.1 Å². The number of benzene rings is 1. The molecule has 1 aliphatic heterocycles. The maximum absolute atomic E-state index is 12.6. The van der Waals surface area contributed by atoms with E-state index in [0.29, 0.717) is 42.4 Å². The first kappa shape index (κ1) is 16.8. The molecule has 1 aromatic carbocycles. The predicted molar refractivity (Wildman–Crippen MR) is 100 cm³/mol. The molecule has 0 radical (unpaired) electrons. The Bertz CT molecular complexity index is 998. The fraction of sp³-hybridized carbons (Fsp3) is 0.158. The highest BCUT2D eigenvalue weighted by molar-refractivity contribution is 6.03. The van der Waals surface area contributed by atoms with Crippen molar-refractivity contribution in [3.8, 4) is 0 Å². The molecule has 0 saturated carbocycles. The summed E-state index contributed by atoms with van der Waals surface area (Å²) in [5.41, 5.74) is 8.37. The van der Waals surface area contributed by atoms with Crippen LogP contribution in [0.2, 0.25) is 0 Å². The average molecular weight is 362 g/mol. The molecule has 0 fully saturated rings. The molecular formula is C19H18N6O2. The van der Waals surface area contributed by atoms with Crippen molar-refractivity contribution in [1.29, 1.82) is 0 Å². The van der Waals surface area contributed by atoms with Gasteiger partial charge in [-0.05, 0) is 30.3 Å². The number of hydrogen-bond donors (Lipinski definition) is 2. The van der Waals surface area contributed by atoms with E-state index in [9.17, 15) is 9.59 Å². The Morgan fingerprint density at radius 2 is 1.85 bits per heavy atom. The molecule has 0 saturated heterocycles. The van der Waals surface area contributed by atoms with Crippen LogP contribution >= 0.6 is 0 Å². The Labute approximate surface area is 155 Å². The van der Waals surface area contributed by atoms with Gasteiger partial charge in [-0.25, -0.2) is 0 Å². The van der Waals surface area contributed by atoms with Gasteiger partial charge in [0.2, 0.25) is 0 Å². The summed E-state index contributed by atoms with van der Waals surface area (Å²) in [4.78, 5) is 30.8. The van der Waals surface area contributed by atoms with E-state index in [1.54, 1.807) is 27.8 Å². The van der Waals surface area contributed by atoms with Gasteiger partial charge in [0.15, 0.2) is 5.69 Å². The summed E-state index contributed by atoms with van der Waals surface area (Å²) in [6.07, 6.45) is 1.52. The van der Waals surface area contributed by atoms with Gasteiger partial charge in [0.05, 0.1) is 18.8 Å². The number of aromatic nitrogens is 3. The number of nitrogens with one attached hydrogen (secondary N) is 1. The maximum atomic E-state index is 12.6. The van der Waals surface area contributed by atoms with Crippen molar-refractivity contribution in [2.45, 2.75) is 13.1 Å². The molecule has 0 bridgehead atoms. The lowest BCUT2D eigenvalue weighted by atomic mass is 10.2. The summed E-state index contributed by atoms with van der Waals surface area (Å²) < 4.78 is 1.76. The molecule has 8 heteroatoms. The molecule has 2 amide bonds. The molecule has 136 valence electrons. The number of rotatable bonds is 3. The first-order valence-corrected chi connectivity index (χ1v) is 8.54. The maximum Gasteiger partial charge on any atom is 0.276 e. The molecule has 0 unspecified atom stereocenters. The smallest absolute Gasteiger partial charge is 0.276 e. The van der Waals surface area contributed by atoms with Crippen LogP contribution in [0.4, 0.5) is 11.4 Å². The minimum absolute atomic E-state index is 0.190. The molecule has 3 aromatic rings. The summed E-state index contributed by atoms with van der Waals surface area (Å²) in [5.74, 6) is -0.469. The average Bonchev–Trinajstić information content (AvgIpc) is 3.12. The second kappa shape index (κ2) is 6.91. The molecule has 0 spiro atoms. The standard InChI is InChI=1S/C19H18N6O2/c20-13-6-7-21-17(10-13)19(27)24-8-9-25-15(12-24)11-16(23-25)18(26)22-14-4-2-1-3-5-14/h1-7,10-11H,8-9,12H2,(H2,20,21)(H,22,26). The van der Waals surface area contributed by atoms with E-state index in [2.05, 4.69) is 15.4 Å². The van der Waals surface area contributed by atoms with Crippen LogP contribution in [-0.4, -0.2) is 38.0 Å². The minimum atomic E-state index is -0.279. The van der Waals surface area contributed by atoms with Gasteiger partial charge in [-0.2, -0.15) is 5.10 Å². The topological polar surface area (TPSA) is 106 Å². The van der Waals surface area contributed by atoms with Crippen molar-refractivity contribution in [2.24, 2.45) is 0 Å². The normalized spacial score (nSPS) is 13.1. The second-order valence-electron chi connectivity index (χ2n) is 6.27. The highest BCUT2D eigenvalue weighted by Gasteiger charge is 2.25. The fourth-order valence-electron chi connectivity index (χ4n) is 2.99. The number of carbonyl (C=O) groups is 2. The van der Waals surface area contributed by atoms with Crippen LogP contribution < -0.4 is 11.1 Å². The van der Waals surface area contributed by atoms with Crippen LogP contribution in [0.25, 0.3) is 0 Å². The summed E-state index contributed by atoms with van der Waals surface area (Å²) in [7, 11) is 0. The highest BCUT2D eigenvalue weighted by atomic mass is 16.2. The van der Waals surface area contributed by atoms with Gasteiger partial charge in [0, 0.05) is 24.1 Å². The van der Waals surface area contributed by atoms with Gasteiger partial charge in [0.25, 0.3) is 11.8 Å². The Morgan fingerprint density at radius 1 is 1.04 bits per heavy atom. The first-order chi connectivity index (χ1) is 13.1. The number of hydrogen-bond acceptors (Lipinski definition) is 5. The molecule has 0 aliphatic carbocycles. The van der Waals surface area contributed by atoms with E-state index < -0.39 is 0 Å². The summed E-state index contributed by atoms with van der Waals surface area (Å²) >= 11 is 0. The van der Waals surface area contributed by atoms with Gasteiger partial charge in [-0.3, -0.25) is 19.3 Å². The number of nitrogen functional groups attached to an aromatic ring is 1. The molecular weight excluding hydrogens is 344 g/mol. The number of nitrogens with two attached hydrogens (primary N) is 1. The van der Waals surface area contributed by atoms with Crippen molar-refractivity contribution in [2.75, 3.05) is 17.6 Å². The number of nitrogens with zero attached hydrogens (tertiary/aromatic N) is 4. The summed E-state index contributed by atoms with van der Waals surface area (Å²) in [5, 5.41) is 7.17. The van der Waals surface area contributed by atoms with Crippen molar-refractivity contribution in [3.63, 3.8) is 0 Å². The van der Waals surface area contributed by atoms with Crippen LogP contribution in [0.15, 0.2) is 54.7 Å². The molecule has 1 aliphatic rings. The Hall–Kier alpha value is -3.68. The third-order valence-corrected chi connectivity index (χ3v) is 4.35. The van der Waals surface area contributed by atoms with Crippen molar-refractivity contribution in [3.05, 3.63) is 71.8 Å². The Morgan fingerprint density at radius 3 is 2.63 bits per heavy atom. The number of anilines is 2. The van der Waals surface area contributed by atoms with Gasteiger partial charge in [-0.15, -0.1) is 0 Å². The zero-order valence-corrected chi connectivity index (χ0v) is 14.5. The lowest BCUT2D eigenvalue weighted by Gasteiger charge is -2.27. The third kappa shape index (κ3) is 3.50. The number of para-hydroxylation sites is 1. The molecule has 4 rings (SSSR count). The Balaban J connectivity index is 1.49. The lowest BCUT2D eigenvalue weighted by Crippen LogP contribution is -2.38. The van der Waals surface area contributed by atoms with Gasteiger partial charge >= 0.3 is 0 Å². The van der Waals surface area contributed by atoms with Gasteiger partial charge in [-0.1, -0.05) is 18.2 Å². The monoisotopic (exact) mass is 362 g/mol. The zero-order chi connectivity index (χ0) is 18.8. The predicted octanol–water partition coefficient (Wildman–Crippen LogP) is 1.77. The van der Waals surface area contributed by atoms with E-state index in [4.69, 9.17) is 5.73 Å². The molecule has 8 nitrogen and oxygen atoms in total. The SMILES string of the molecule is Nc1ccnc(C(=O)N2CCn3nc(C(=O)Nc4ccccc4)cc3C2)c1. The molecule has 27 heavy (non-hydrogen) atoms. The molecule has 3 heterocycles. The van der Waals surface area contributed by atoms with Crippen molar-refractivity contribution >= 4 is 23.2 Å². The summed E-state index contributed by atoms with van der Waals surface area (Å²) in [6.45, 7) is 1.37. The molecule has 3 N–H and O–H groups in total. The van der Waals surface area contributed by atoms with E-state index in [0.717, 1.165) is 5.69 Å². The zero-order valence-electron chi connectivity index (χ0n) is 14.5. The van der Waals surface area contributed by atoms with Crippen molar-refractivity contribution < 1.29 is 9.59 Å². The number of pyridine rings is 1. The number of fused-ring (bicyclic) bond motifs is 1. The lowest BCUT2D eigenvalue weighted by molar-refractivity contribution is 0.0699. The van der Waals surface area contributed by atoms with Crippen LogP contribution in [0.3, 0.4) is 0 Å². The largest absolute Gasteiger partial charge is 0.399 e. The van der Waals surface area contributed by atoms with Gasteiger partial charge in [0.1, 0.15) is 5.69 Å². The summed E-state index contributed by atoms with van der Waals surface area (Å²) in [6, 6.07) is 14.1. The number of amides is 2. The van der Waals surface area contributed by atoms with E-state index >= 15 is 0 Å². The number of carbonyl (C=O) groups excluding carboxylic acids is 2.